The second kappa shape index (κ2) is 9.22. The highest BCUT2D eigenvalue weighted by Gasteiger charge is 2.37. The predicted octanol–water partition coefficient (Wildman–Crippen LogP) is 5.93. The molecule has 0 spiro atoms. The zero-order valence-corrected chi connectivity index (χ0v) is 17.8. The van der Waals surface area contributed by atoms with Gasteiger partial charge in [-0.25, -0.2) is 0 Å². The van der Waals surface area contributed by atoms with E-state index in [4.69, 9.17) is 0 Å². The zero-order chi connectivity index (χ0) is 17.6. The molecule has 2 rings (SSSR count). The van der Waals surface area contributed by atoms with Crippen LogP contribution < -0.4 is 0 Å². The van der Waals surface area contributed by atoms with Crippen LogP contribution in [0.2, 0.25) is 0 Å². The van der Waals surface area contributed by atoms with Crippen LogP contribution in [-0.2, 0) is 9.59 Å². The molecule has 0 aliphatic heterocycles. The Morgan fingerprint density at radius 2 is 1.50 bits per heavy atom. The van der Waals surface area contributed by atoms with Crippen LogP contribution in [0.5, 0.6) is 0 Å². The van der Waals surface area contributed by atoms with Gasteiger partial charge in [0.15, 0.2) is 11.6 Å². The first-order valence-corrected chi connectivity index (χ1v) is 10.6. The zero-order valence-electron chi connectivity index (χ0n) is 12.9. The van der Waals surface area contributed by atoms with E-state index in [-0.39, 0.29) is 18.0 Å². The van der Waals surface area contributed by atoms with Crippen molar-refractivity contribution < 1.29 is 9.59 Å². The SMILES string of the molecule is CC(=O)C(Br)(CC(=O)C(Br)Sc1ccccc1)Sc1ccccc1. The summed E-state index contributed by atoms with van der Waals surface area (Å²) >= 11 is 9.75. The van der Waals surface area contributed by atoms with E-state index in [1.807, 2.05) is 60.7 Å². The minimum Gasteiger partial charge on any atom is -0.297 e. The van der Waals surface area contributed by atoms with E-state index in [0.29, 0.717) is 0 Å². The van der Waals surface area contributed by atoms with Gasteiger partial charge in [0.2, 0.25) is 0 Å². The predicted molar refractivity (Wildman–Crippen MR) is 109 cm³/mol. The minimum absolute atomic E-state index is 0.0284. The van der Waals surface area contributed by atoms with Gasteiger partial charge in [-0.05, 0) is 31.2 Å². The van der Waals surface area contributed by atoms with Crippen LogP contribution in [0.4, 0.5) is 0 Å². The summed E-state index contributed by atoms with van der Waals surface area (Å²) in [4.78, 5) is 26.7. The Bertz CT molecular complexity index is 695. The van der Waals surface area contributed by atoms with Crippen LogP contribution in [0.3, 0.4) is 0 Å². The van der Waals surface area contributed by atoms with Crippen LogP contribution in [0, 0.1) is 0 Å². The number of ketones is 2. The van der Waals surface area contributed by atoms with Crippen molar-refractivity contribution in [2.75, 3.05) is 0 Å². The summed E-state index contributed by atoms with van der Waals surface area (Å²) in [6.45, 7) is 1.51. The molecule has 0 fully saturated rings. The molecule has 24 heavy (non-hydrogen) atoms. The van der Waals surface area contributed by atoms with E-state index >= 15 is 0 Å². The van der Waals surface area contributed by atoms with Crippen LogP contribution in [0.15, 0.2) is 70.5 Å². The molecule has 2 atom stereocenters. The highest BCUT2D eigenvalue weighted by Crippen LogP contribution is 2.43. The summed E-state index contributed by atoms with van der Waals surface area (Å²) in [5.74, 6) is -0.103. The Morgan fingerprint density at radius 3 is 2.00 bits per heavy atom. The third kappa shape index (κ3) is 5.76. The molecule has 126 valence electrons. The van der Waals surface area contributed by atoms with Crippen molar-refractivity contribution in [3.8, 4) is 0 Å². The molecule has 0 aromatic heterocycles. The first kappa shape index (κ1) is 19.8. The lowest BCUT2D eigenvalue weighted by Crippen LogP contribution is -2.31. The molecule has 2 nitrogen and oxygen atoms in total. The lowest BCUT2D eigenvalue weighted by atomic mass is 10.2. The Labute approximate surface area is 167 Å². The molecular weight excluding hydrogens is 472 g/mol. The van der Waals surface area contributed by atoms with E-state index in [0.717, 1.165) is 9.79 Å². The van der Waals surface area contributed by atoms with Gasteiger partial charge in [-0.2, -0.15) is 0 Å². The minimum atomic E-state index is -0.950. The van der Waals surface area contributed by atoms with Crippen LogP contribution in [-0.4, -0.2) is 19.4 Å². The van der Waals surface area contributed by atoms with Gasteiger partial charge in [0.05, 0.1) is 0 Å². The highest BCUT2D eigenvalue weighted by atomic mass is 79.9. The fourth-order valence-corrected chi connectivity index (χ4v) is 5.34. The van der Waals surface area contributed by atoms with Crippen molar-refractivity contribution in [2.45, 2.75) is 31.0 Å². The average Bonchev–Trinajstić information content (AvgIpc) is 2.56. The molecule has 0 saturated carbocycles. The first-order chi connectivity index (χ1) is 11.4. The van der Waals surface area contributed by atoms with Crippen molar-refractivity contribution in [3.05, 3.63) is 60.7 Å². The Hall–Kier alpha value is -0.560. The van der Waals surface area contributed by atoms with Gasteiger partial charge >= 0.3 is 0 Å². The number of hydrogen-bond acceptors (Lipinski definition) is 4. The van der Waals surface area contributed by atoms with E-state index in [2.05, 4.69) is 31.9 Å². The molecule has 0 radical (unpaired) electrons. The summed E-state index contributed by atoms with van der Waals surface area (Å²) < 4.78 is -1.35. The standard InChI is InChI=1S/C18H16Br2O2S2/c1-13(21)18(20,24-15-10-6-3-7-11-15)12-16(22)17(19)23-14-8-4-2-5-9-14/h2-11,17H,12H2,1H3. The van der Waals surface area contributed by atoms with Crippen molar-refractivity contribution >= 4 is 67.0 Å². The maximum absolute atomic E-state index is 12.6. The van der Waals surface area contributed by atoms with Gasteiger partial charge in [0.25, 0.3) is 0 Å². The fraction of sp³-hybridized carbons (Fsp3) is 0.222. The van der Waals surface area contributed by atoms with Crippen molar-refractivity contribution in [1.82, 2.24) is 0 Å². The topological polar surface area (TPSA) is 34.1 Å². The third-order valence-electron chi connectivity index (χ3n) is 3.19. The van der Waals surface area contributed by atoms with E-state index in [1.54, 1.807) is 0 Å². The molecule has 2 aromatic carbocycles. The maximum Gasteiger partial charge on any atom is 0.159 e. The number of thioether (sulfide) groups is 2. The molecule has 0 aliphatic carbocycles. The molecule has 2 aromatic rings. The molecule has 0 bridgehead atoms. The Kier molecular flexibility index (Phi) is 7.60. The van der Waals surface area contributed by atoms with Crippen LogP contribution in [0.25, 0.3) is 0 Å². The van der Waals surface area contributed by atoms with Gasteiger partial charge in [-0.15, -0.1) is 11.8 Å². The molecule has 0 N–H and O–H groups in total. The van der Waals surface area contributed by atoms with E-state index in [9.17, 15) is 9.59 Å². The lowest BCUT2D eigenvalue weighted by molar-refractivity contribution is -0.122. The van der Waals surface area contributed by atoms with Gasteiger partial charge in [-0.3, -0.25) is 9.59 Å². The number of alkyl halides is 2. The monoisotopic (exact) mass is 486 g/mol. The van der Waals surface area contributed by atoms with Gasteiger partial charge in [-0.1, -0.05) is 80.0 Å². The second-order valence-corrected chi connectivity index (χ2v) is 11.0. The number of halogens is 2. The molecule has 6 heteroatoms. The number of benzene rings is 2. The summed E-state index contributed by atoms with van der Waals surface area (Å²) in [5.41, 5.74) is 0. The fourth-order valence-electron chi connectivity index (χ4n) is 1.90. The van der Waals surface area contributed by atoms with Gasteiger partial charge < -0.3 is 0 Å². The maximum atomic E-state index is 12.6. The van der Waals surface area contributed by atoms with Crippen molar-refractivity contribution in [2.24, 2.45) is 0 Å². The van der Waals surface area contributed by atoms with Gasteiger partial charge in [0.1, 0.15) is 7.82 Å². The number of hydrogen-bond donors (Lipinski definition) is 0. The molecule has 0 heterocycles. The molecular formula is C18H16Br2O2S2. The quantitative estimate of drug-likeness (QED) is 0.341. The van der Waals surface area contributed by atoms with Crippen molar-refractivity contribution in [3.63, 3.8) is 0 Å². The van der Waals surface area contributed by atoms with Crippen molar-refractivity contribution in [1.29, 1.82) is 0 Å². The number of rotatable bonds is 8. The largest absolute Gasteiger partial charge is 0.297 e. The smallest absolute Gasteiger partial charge is 0.159 e. The normalized spacial score (nSPS) is 14.6. The summed E-state index contributed by atoms with van der Waals surface area (Å²) in [5, 5.41) is 0. The average molecular weight is 488 g/mol. The number of carbonyl (C=O) groups is 2. The van der Waals surface area contributed by atoms with E-state index in [1.165, 1.54) is 30.4 Å². The number of carbonyl (C=O) groups excluding carboxylic acids is 2. The second-order valence-electron chi connectivity index (χ2n) is 5.09. The van der Waals surface area contributed by atoms with E-state index < -0.39 is 7.82 Å². The third-order valence-corrected chi connectivity index (χ3v) is 7.86. The molecule has 2 unspecified atom stereocenters. The Balaban J connectivity index is 2.06. The summed E-state index contributed by atoms with van der Waals surface area (Å²) in [7, 11) is 0. The highest BCUT2D eigenvalue weighted by molar-refractivity contribution is 9.12. The molecule has 0 aliphatic rings. The van der Waals surface area contributed by atoms with Gasteiger partial charge in [0, 0.05) is 16.2 Å². The Morgan fingerprint density at radius 1 is 1.00 bits per heavy atom. The summed E-state index contributed by atoms with van der Waals surface area (Å²) in [6, 6.07) is 19.3. The summed E-state index contributed by atoms with van der Waals surface area (Å²) in [6.07, 6.45) is 0.109. The first-order valence-electron chi connectivity index (χ1n) is 7.23. The van der Waals surface area contributed by atoms with Crippen LogP contribution in [0.1, 0.15) is 13.3 Å². The molecule has 0 amide bonds. The molecule has 0 saturated heterocycles. The van der Waals surface area contributed by atoms with Crippen LogP contribution >= 0.6 is 55.4 Å². The lowest BCUT2D eigenvalue weighted by Gasteiger charge is -2.24. The number of Topliss-reactive ketones (excluding diaryl/α,β-unsaturated/α-hetero) is 2.